The fourth-order valence-electron chi connectivity index (χ4n) is 2.11. The Balaban J connectivity index is 0.000000240. The summed E-state index contributed by atoms with van der Waals surface area (Å²) in [6, 6.07) is 10.8. The Kier molecular flexibility index (Phi) is 6.49. The van der Waals surface area contributed by atoms with Crippen molar-refractivity contribution < 1.29 is 26.1 Å². The fourth-order valence-corrected chi connectivity index (χ4v) is 2.36. The minimum absolute atomic E-state index is 0.431. The molecule has 21 heavy (non-hydrogen) atoms. The molecule has 3 nitrogen and oxygen atoms in total. The molecule has 2 rings (SSSR count). The first-order valence-electron chi connectivity index (χ1n) is 6.34. The molecule has 0 aliphatic heterocycles. The number of hydrogen-bond acceptors (Lipinski definition) is 2. The van der Waals surface area contributed by atoms with E-state index < -0.39 is 15.6 Å². The number of benzene rings is 1. The molecule has 1 saturated carbocycles. The summed E-state index contributed by atoms with van der Waals surface area (Å²) in [5, 5.41) is 0.431. The second-order valence-corrected chi connectivity index (χ2v) is 6.81. The quantitative estimate of drug-likeness (QED) is 0.468. The van der Waals surface area contributed by atoms with Gasteiger partial charge in [0.15, 0.2) is 0 Å². The van der Waals surface area contributed by atoms with Crippen molar-refractivity contribution in [1.82, 2.24) is 0 Å². The zero-order valence-corrected chi connectivity index (χ0v) is 12.6. The van der Waals surface area contributed by atoms with Gasteiger partial charge in [0.2, 0.25) is 0 Å². The van der Waals surface area contributed by atoms with E-state index in [-0.39, 0.29) is 0 Å². The van der Waals surface area contributed by atoms with Crippen molar-refractivity contribution in [2.75, 3.05) is 0 Å². The van der Waals surface area contributed by atoms with Crippen LogP contribution < -0.4 is 0 Å². The third-order valence-corrected chi connectivity index (χ3v) is 4.24. The monoisotopic (exact) mass is 344 g/mol. The van der Waals surface area contributed by atoms with Crippen molar-refractivity contribution in [3.05, 3.63) is 35.9 Å². The third-order valence-electron chi connectivity index (χ3n) is 3.22. The van der Waals surface area contributed by atoms with Crippen molar-refractivity contribution >= 4 is 21.7 Å². The van der Waals surface area contributed by atoms with Crippen molar-refractivity contribution in [1.29, 1.82) is 0 Å². The molecule has 0 atom stereocenters. The SMILES string of the molecule is ClC1CCC(c2ccccc2)CC1.O=S(=O)(O)C(F)(F)F. The van der Waals surface area contributed by atoms with Gasteiger partial charge >= 0.3 is 15.6 Å². The molecular formula is C13H16ClF3O3S. The molecule has 0 spiro atoms. The van der Waals surface area contributed by atoms with Gasteiger partial charge < -0.3 is 0 Å². The molecule has 0 amide bonds. The second-order valence-electron chi connectivity index (χ2n) is 4.78. The lowest BCUT2D eigenvalue weighted by Gasteiger charge is -2.25. The smallest absolute Gasteiger partial charge is 0.279 e. The highest BCUT2D eigenvalue weighted by molar-refractivity contribution is 7.86. The zero-order chi connectivity index (χ0) is 16.1. The predicted molar refractivity (Wildman–Crippen MR) is 74.9 cm³/mol. The van der Waals surface area contributed by atoms with Gasteiger partial charge in [-0.05, 0) is 37.2 Å². The minimum Gasteiger partial charge on any atom is -0.279 e. The summed E-state index contributed by atoms with van der Waals surface area (Å²) in [5.41, 5.74) is -4.04. The number of alkyl halides is 4. The van der Waals surface area contributed by atoms with Crippen LogP contribution in [0.4, 0.5) is 13.2 Å². The van der Waals surface area contributed by atoms with E-state index in [2.05, 4.69) is 30.3 Å². The Morgan fingerprint density at radius 3 is 1.86 bits per heavy atom. The van der Waals surface area contributed by atoms with Crippen LogP contribution in [0.15, 0.2) is 30.3 Å². The predicted octanol–water partition coefficient (Wildman–Crippen LogP) is 4.35. The highest BCUT2D eigenvalue weighted by atomic mass is 35.5. The lowest BCUT2D eigenvalue weighted by Crippen LogP contribution is -2.21. The molecule has 0 heterocycles. The number of halogens is 4. The Bertz CT molecular complexity index is 523. The topological polar surface area (TPSA) is 54.4 Å². The van der Waals surface area contributed by atoms with Crippen molar-refractivity contribution in [2.24, 2.45) is 0 Å². The molecule has 1 aromatic rings. The van der Waals surface area contributed by atoms with E-state index in [0.29, 0.717) is 5.38 Å². The number of hydrogen-bond donors (Lipinski definition) is 1. The van der Waals surface area contributed by atoms with Gasteiger partial charge in [-0.25, -0.2) is 0 Å². The van der Waals surface area contributed by atoms with E-state index in [1.165, 1.54) is 31.2 Å². The van der Waals surface area contributed by atoms with Crippen LogP contribution in [-0.4, -0.2) is 23.9 Å². The van der Waals surface area contributed by atoms with Crippen LogP contribution in [0.5, 0.6) is 0 Å². The lowest BCUT2D eigenvalue weighted by molar-refractivity contribution is -0.0510. The normalized spacial score (nSPS) is 23.1. The molecule has 1 aromatic carbocycles. The van der Waals surface area contributed by atoms with Gasteiger partial charge in [0, 0.05) is 5.38 Å². The highest BCUT2D eigenvalue weighted by Crippen LogP contribution is 2.34. The summed E-state index contributed by atoms with van der Waals surface area (Å²) in [5.74, 6) is 0.760. The van der Waals surface area contributed by atoms with Gasteiger partial charge in [-0.15, -0.1) is 11.6 Å². The molecule has 1 aliphatic rings. The minimum atomic E-state index is -5.84. The van der Waals surface area contributed by atoms with E-state index in [9.17, 15) is 13.2 Å². The van der Waals surface area contributed by atoms with Gasteiger partial charge in [-0.1, -0.05) is 30.3 Å². The largest absolute Gasteiger partial charge is 0.522 e. The molecule has 0 unspecified atom stereocenters. The Hall–Kier alpha value is -0.790. The van der Waals surface area contributed by atoms with Gasteiger partial charge in [0.05, 0.1) is 0 Å². The van der Waals surface area contributed by atoms with Crippen LogP contribution in [-0.2, 0) is 10.1 Å². The second kappa shape index (κ2) is 7.47. The zero-order valence-electron chi connectivity index (χ0n) is 11.1. The van der Waals surface area contributed by atoms with Gasteiger partial charge in [0.25, 0.3) is 0 Å². The third kappa shape index (κ3) is 6.23. The van der Waals surface area contributed by atoms with E-state index >= 15 is 0 Å². The van der Waals surface area contributed by atoms with Gasteiger partial charge in [0.1, 0.15) is 0 Å². The van der Waals surface area contributed by atoms with Crippen LogP contribution in [0.2, 0.25) is 0 Å². The standard InChI is InChI=1S/C12H15Cl.CHF3O3S/c13-12-8-6-11(7-9-12)10-4-2-1-3-5-10;2-1(3,4)8(5,6)7/h1-5,11-12H,6-9H2;(H,5,6,7). The molecule has 1 fully saturated rings. The van der Waals surface area contributed by atoms with E-state index in [4.69, 9.17) is 24.6 Å². The van der Waals surface area contributed by atoms with Crippen LogP contribution in [0, 0.1) is 0 Å². The van der Waals surface area contributed by atoms with E-state index in [1.54, 1.807) is 0 Å². The summed E-state index contributed by atoms with van der Waals surface area (Å²) in [6.07, 6.45) is 4.89. The van der Waals surface area contributed by atoms with Gasteiger partial charge in [-0.3, -0.25) is 4.55 Å². The maximum Gasteiger partial charge on any atom is 0.522 e. The average Bonchev–Trinajstić information content (AvgIpc) is 2.39. The highest BCUT2D eigenvalue weighted by Gasteiger charge is 2.44. The van der Waals surface area contributed by atoms with Crippen molar-refractivity contribution in [2.45, 2.75) is 42.5 Å². The maximum atomic E-state index is 10.7. The van der Waals surface area contributed by atoms with Crippen molar-refractivity contribution in [3.8, 4) is 0 Å². The molecule has 0 bridgehead atoms. The Morgan fingerprint density at radius 1 is 1.05 bits per heavy atom. The molecule has 8 heteroatoms. The molecular weight excluding hydrogens is 329 g/mol. The molecule has 1 aliphatic carbocycles. The lowest BCUT2D eigenvalue weighted by atomic mass is 9.84. The Morgan fingerprint density at radius 2 is 1.48 bits per heavy atom. The van der Waals surface area contributed by atoms with Crippen LogP contribution >= 0.6 is 11.6 Å². The first-order valence-corrected chi connectivity index (χ1v) is 8.21. The van der Waals surface area contributed by atoms with Gasteiger partial charge in [-0.2, -0.15) is 21.6 Å². The maximum absolute atomic E-state index is 10.7. The van der Waals surface area contributed by atoms with Crippen LogP contribution in [0.1, 0.15) is 37.2 Å². The first kappa shape index (κ1) is 18.3. The number of rotatable bonds is 1. The molecule has 120 valence electrons. The molecule has 1 N–H and O–H groups in total. The molecule has 0 radical (unpaired) electrons. The molecule has 0 saturated heterocycles. The summed E-state index contributed by atoms with van der Waals surface area (Å²) in [7, 11) is -5.84. The summed E-state index contributed by atoms with van der Waals surface area (Å²) in [4.78, 5) is 0. The Labute approximate surface area is 126 Å². The summed E-state index contributed by atoms with van der Waals surface area (Å²) >= 11 is 6.07. The van der Waals surface area contributed by atoms with E-state index in [0.717, 1.165) is 5.92 Å². The van der Waals surface area contributed by atoms with Crippen LogP contribution in [0.3, 0.4) is 0 Å². The summed E-state index contributed by atoms with van der Waals surface area (Å²) in [6.45, 7) is 0. The average molecular weight is 345 g/mol. The molecule has 0 aromatic heterocycles. The fraction of sp³-hybridized carbons (Fsp3) is 0.538. The van der Waals surface area contributed by atoms with Crippen LogP contribution in [0.25, 0.3) is 0 Å². The van der Waals surface area contributed by atoms with Crippen molar-refractivity contribution in [3.63, 3.8) is 0 Å². The summed E-state index contributed by atoms with van der Waals surface area (Å²) < 4.78 is 57.5. The first-order chi connectivity index (χ1) is 9.61. The van der Waals surface area contributed by atoms with E-state index in [1.807, 2.05) is 0 Å².